The van der Waals surface area contributed by atoms with E-state index in [0.717, 1.165) is 18.7 Å². The predicted octanol–water partition coefficient (Wildman–Crippen LogP) is 2.01. The van der Waals surface area contributed by atoms with Crippen LogP contribution in [-0.4, -0.2) is 32.6 Å². The van der Waals surface area contributed by atoms with Crippen LogP contribution < -0.4 is 10.6 Å². The zero-order valence-electron chi connectivity index (χ0n) is 13.0. The Morgan fingerprint density at radius 1 is 1.39 bits per heavy atom. The third-order valence-electron chi connectivity index (χ3n) is 3.90. The van der Waals surface area contributed by atoms with Crippen LogP contribution in [0.4, 0.5) is 10.5 Å². The Balaban J connectivity index is 1.59. The molecule has 2 heterocycles. The van der Waals surface area contributed by atoms with Crippen LogP contribution in [0, 0.1) is 0 Å². The minimum absolute atomic E-state index is 0.0182. The maximum atomic E-state index is 12.1. The lowest BCUT2D eigenvalue weighted by molar-refractivity contribution is 0.0988. The lowest BCUT2D eigenvalue weighted by Crippen LogP contribution is -2.43. The van der Waals surface area contributed by atoms with Gasteiger partial charge in [0.25, 0.3) is 0 Å². The Labute approximate surface area is 134 Å². The Morgan fingerprint density at radius 3 is 3.09 bits per heavy atom. The fourth-order valence-electron chi connectivity index (χ4n) is 2.68. The molecule has 0 saturated carbocycles. The van der Waals surface area contributed by atoms with Gasteiger partial charge in [0, 0.05) is 24.1 Å². The predicted molar refractivity (Wildman–Crippen MR) is 85.3 cm³/mol. The third-order valence-corrected chi connectivity index (χ3v) is 3.90. The molecule has 0 bridgehead atoms. The second-order valence-electron chi connectivity index (χ2n) is 5.55. The minimum Gasteiger partial charge on any atom is -0.333 e. The lowest BCUT2D eigenvalue weighted by Gasteiger charge is -2.23. The summed E-state index contributed by atoms with van der Waals surface area (Å²) in [5.41, 5.74) is 1.22. The van der Waals surface area contributed by atoms with Crippen LogP contribution >= 0.6 is 0 Å². The molecule has 3 rings (SSSR count). The van der Waals surface area contributed by atoms with Gasteiger partial charge in [0.2, 0.25) is 0 Å². The van der Waals surface area contributed by atoms with Crippen LogP contribution in [0.15, 0.2) is 30.6 Å². The number of carbonyl (C=O) groups excluding carboxylic acids is 2. The van der Waals surface area contributed by atoms with Crippen molar-refractivity contribution in [1.29, 1.82) is 0 Å². The molecule has 0 fully saturated rings. The van der Waals surface area contributed by atoms with Crippen molar-refractivity contribution in [2.24, 2.45) is 0 Å². The molecular weight excluding hydrogens is 294 g/mol. The second kappa shape index (κ2) is 6.60. The van der Waals surface area contributed by atoms with E-state index in [9.17, 15) is 9.59 Å². The van der Waals surface area contributed by atoms with E-state index in [2.05, 4.69) is 20.7 Å². The van der Waals surface area contributed by atoms with Gasteiger partial charge in [-0.05, 0) is 18.6 Å². The van der Waals surface area contributed by atoms with Gasteiger partial charge in [0.05, 0.1) is 12.6 Å². The van der Waals surface area contributed by atoms with Gasteiger partial charge >= 0.3 is 6.03 Å². The standard InChI is InChI=1S/C16H19N5O2/c1-2-14(22)11-4-3-5-12(8-11)19-16(23)20-13-6-7-15-17-10-18-21(15)9-13/h3-5,8,10,13H,2,6-7,9H2,1H3,(H2,19,20,23). The number of aromatic nitrogens is 3. The van der Waals surface area contributed by atoms with E-state index in [-0.39, 0.29) is 17.9 Å². The fourth-order valence-corrected chi connectivity index (χ4v) is 2.68. The first-order valence-electron chi connectivity index (χ1n) is 7.73. The number of urea groups is 1. The summed E-state index contributed by atoms with van der Waals surface area (Å²) in [7, 11) is 0. The van der Waals surface area contributed by atoms with Crippen molar-refractivity contribution < 1.29 is 9.59 Å². The molecule has 1 aliphatic heterocycles. The number of aryl methyl sites for hydroxylation is 1. The van der Waals surface area contributed by atoms with Crippen LogP contribution in [0.1, 0.15) is 35.9 Å². The molecule has 1 aromatic carbocycles. The number of nitrogens with one attached hydrogen (secondary N) is 2. The normalized spacial score (nSPS) is 16.5. The number of hydrogen-bond acceptors (Lipinski definition) is 4. The van der Waals surface area contributed by atoms with Gasteiger partial charge < -0.3 is 10.6 Å². The second-order valence-corrected chi connectivity index (χ2v) is 5.55. The zero-order chi connectivity index (χ0) is 16.2. The van der Waals surface area contributed by atoms with E-state index in [0.29, 0.717) is 24.2 Å². The number of Topliss-reactive ketones (excluding diaryl/α,β-unsaturated/α-hetero) is 1. The van der Waals surface area contributed by atoms with Crippen molar-refractivity contribution in [1.82, 2.24) is 20.1 Å². The van der Waals surface area contributed by atoms with E-state index in [1.54, 1.807) is 24.3 Å². The lowest BCUT2D eigenvalue weighted by atomic mass is 10.1. The smallest absolute Gasteiger partial charge is 0.319 e. The monoisotopic (exact) mass is 313 g/mol. The maximum absolute atomic E-state index is 12.1. The van der Waals surface area contributed by atoms with Gasteiger partial charge in [-0.3, -0.25) is 4.79 Å². The van der Waals surface area contributed by atoms with Crippen molar-refractivity contribution in [3.63, 3.8) is 0 Å². The highest BCUT2D eigenvalue weighted by molar-refractivity contribution is 5.98. The molecule has 0 saturated heterocycles. The van der Waals surface area contributed by atoms with Gasteiger partial charge in [-0.15, -0.1) is 0 Å². The van der Waals surface area contributed by atoms with E-state index < -0.39 is 0 Å². The number of nitrogens with zero attached hydrogens (tertiary/aromatic N) is 3. The summed E-state index contributed by atoms with van der Waals surface area (Å²) < 4.78 is 1.81. The summed E-state index contributed by atoms with van der Waals surface area (Å²) in [6.45, 7) is 2.44. The SMILES string of the molecule is CCC(=O)c1cccc(NC(=O)NC2CCc3ncnn3C2)c1. The van der Waals surface area contributed by atoms with Crippen molar-refractivity contribution in [3.05, 3.63) is 42.0 Å². The molecule has 2 N–H and O–H groups in total. The first-order valence-corrected chi connectivity index (χ1v) is 7.73. The van der Waals surface area contributed by atoms with E-state index in [1.807, 2.05) is 11.6 Å². The summed E-state index contributed by atoms with van der Waals surface area (Å²) >= 11 is 0. The summed E-state index contributed by atoms with van der Waals surface area (Å²) in [6.07, 6.45) is 3.61. The molecule has 1 aromatic heterocycles. The molecule has 2 amide bonds. The topological polar surface area (TPSA) is 88.9 Å². The molecule has 1 atom stereocenters. The highest BCUT2D eigenvalue weighted by Gasteiger charge is 2.21. The molecule has 0 radical (unpaired) electrons. The molecule has 2 aromatic rings. The van der Waals surface area contributed by atoms with Crippen molar-refractivity contribution in [2.45, 2.75) is 38.8 Å². The molecule has 120 valence electrons. The van der Waals surface area contributed by atoms with Gasteiger partial charge in [-0.1, -0.05) is 19.1 Å². The average Bonchev–Trinajstić information content (AvgIpc) is 3.02. The Morgan fingerprint density at radius 2 is 2.26 bits per heavy atom. The Hall–Kier alpha value is -2.70. The van der Waals surface area contributed by atoms with Gasteiger partial charge in [-0.25, -0.2) is 14.5 Å². The maximum Gasteiger partial charge on any atom is 0.319 e. The van der Waals surface area contributed by atoms with Gasteiger partial charge in [-0.2, -0.15) is 5.10 Å². The van der Waals surface area contributed by atoms with Crippen LogP contribution in [0.5, 0.6) is 0 Å². The quantitative estimate of drug-likeness (QED) is 0.845. The number of benzene rings is 1. The summed E-state index contributed by atoms with van der Waals surface area (Å²) in [6, 6.07) is 6.72. The number of fused-ring (bicyclic) bond motifs is 1. The van der Waals surface area contributed by atoms with Crippen LogP contribution in [0.3, 0.4) is 0 Å². The summed E-state index contributed by atoms with van der Waals surface area (Å²) in [4.78, 5) is 28.0. The average molecular weight is 313 g/mol. The summed E-state index contributed by atoms with van der Waals surface area (Å²) in [5.74, 6) is 1.01. The van der Waals surface area contributed by atoms with Crippen LogP contribution in [0.2, 0.25) is 0 Å². The largest absolute Gasteiger partial charge is 0.333 e. The molecule has 23 heavy (non-hydrogen) atoms. The Kier molecular flexibility index (Phi) is 4.36. The van der Waals surface area contributed by atoms with Crippen LogP contribution in [-0.2, 0) is 13.0 Å². The molecule has 7 nitrogen and oxygen atoms in total. The summed E-state index contributed by atoms with van der Waals surface area (Å²) in [5, 5.41) is 9.85. The van der Waals surface area contributed by atoms with Crippen molar-refractivity contribution >= 4 is 17.5 Å². The van der Waals surface area contributed by atoms with Gasteiger partial charge in [0.15, 0.2) is 5.78 Å². The third kappa shape index (κ3) is 3.56. The van der Waals surface area contributed by atoms with E-state index in [4.69, 9.17) is 0 Å². The molecular formula is C16H19N5O2. The molecule has 0 spiro atoms. The molecule has 0 aliphatic carbocycles. The van der Waals surface area contributed by atoms with E-state index >= 15 is 0 Å². The number of ketones is 1. The van der Waals surface area contributed by atoms with Crippen molar-refractivity contribution in [2.75, 3.05) is 5.32 Å². The van der Waals surface area contributed by atoms with Crippen LogP contribution in [0.25, 0.3) is 0 Å². The number of rotatable bonds is 4. The highest BCUT2D eigenvalue weighted by Crippen LogP contribution is 2.14. The molecule has 1 aliphatic rings. The number of hydrogen-bond donors (Lipinski definition) is 2. The number of anilines is 1. The zero-order valence-corrected chi connectivity index (χ0v) is 13.0. The first kappa shape index (κ1) is 15.2. The molecule has 1 unspecified atom stereocenters. The number of carbonyl (C=O) groups is 2. The minimum atomic E-state index is -0.278. The van der Waals surface area contributed by atoms with E-state index in [1.165, 1.54) is 6.33 Å². The molecule has 7 heteroatoms. The van der Waals surface area contributed by atoms with Gasteiger partial charge in [0.1, 0.15) is 12.2 Å². The fraction of sp³-hybridized carbons (Fsp3) is 0.375. The Bertz CT molecular complexity index is 725. The highest BCUT2D eigenvalue weighted by atomic mass is 16.2. The number of amides is 2. The van der Waals surface area contributed by atoms with Crippen molar-refractivity contribution in [3.8, 4) is 0 Å². The first-order chi connectivity index (χ1) is 11.2.